The van der Waals surface area contributed by atoms with Crippen LogP contribution in [-0.4, -0.2) is 26.3 Å². The fourth-order valence-electron chi connectivity index (χ4n) is 2.54. The van der Waals surface area contributed by atoms with Gasteiger partial charge in [0.1, 0.15) is 4.21 Å². The summed E-state index contributed by atoms with van der Waals surface area (Å²) in [6.45, 7) is 2.57. The first kappa shape index (κ1) is 15.5. The number of hydrogen-bond donors (Lipinski definition) is 0. The Bertz CT molecular complexity index is 513. The van der Waals surface area contributed by atoms with Gasteiger partial charge in [-0.25, -0.2) is 8.42 Å². The van der Waals surface area contributed by atoms with Crippen LogP contribution in [0.1, 0.15) is 37.7 Å². The van der Waals surface area contributed by atoms with E-state index >= 15 is 0 Å². The van der Waals surface area contributed by atoms with Crippen LogP contribution < -0.4 is 0 Å². The summed E-state index contributed by atoms with van der Waals surface area (Å²) in [6.07, 6.45) is 6.09. The zero-order valence-electron chi connectivity index (χ0n) is 11.4. The molecule has 19 heavy (non-hydrogen) atoms. The zero-order chi connectivity index (χ0) is 14.0. The molecule has 0 amide bonds. The van der Waals surface area contributed by atoms with Gasteiger partial charge >= 0.3 is 0 Å². The highest BCUT2D eigenvalue weighted by atomic mass is 79.9. The number of halogens is 1. The van der Waals surface area contributed by atoms with E-state index in [1.54, 1.807) is 13.1 Å². The Morgan fingerprint density at radius 2 is 2.00 bits per heavy atom. The zero-order valence-corrected chi connectivity index (χ0v) is 14.6. The molecule has 0 radical (unpaired) electrons. The highest BCUT2D eigenvalue weighted by Gasteiger charge is 2.26. The molecule has 1 aromatic heterocycles. The third kappa shape index (κ3) is 3.60. The van der Waals surface area contributed by atoms with Crippen molar-refractivity contribution in [3.8, 4) is 0 Å². The molecule has 1 aliphatic rings. The lowest BCUT2D eigenvalue weighted by molar-refractivity contribution is 0.300. The van der Waals surface area contributed by atoms with Gasteiger partial charge in [-0.1, -0.05) is 19.3 Å². The largest absolute Gasteiger partial charge is 0.252 e. The van der Waals surface area contributed by atoms with Crippen molar-refractivity contribution < 1.29 is 8.42 Å². The molecule has 1 aliphatic carbocycles. The van der Waals surface area contributed by atoms with E-state index in [9.17, 15) is 8.42 Å². The minimum atomic E-state index is -3.32. The first-order valence-corrected chi connectivity index (χ1v) is 9.68. The Kier molecular flexibility index (Phi) is 5.09. The summed E-state index contributed by atoms with van der Waals surface area (Å²) >= 11 is 4.69. The van der Waals surface area contributed by atoms with E-state index in [0.717, 1.165) is 22.2 Å². The van der Waals surface area contributed by atoms with Gasteiger partial charge in [0.25, 0.3) is 10.0 Å². The quantitative estimate of drug-likeness (QED) is 0.807. The molecule has 0 bridgehead atoms. The molecule has 0 saturated heterocycles. The summed E-state index contributed by atoms with van der Waals surface area (Å²) < 4.78 is 27.8. The summed E-state index contributed by atoms with van der Waals surface area (Å²) in [5.41, 5.74) is 0.981. The molecule has 0 aromatic carbocycles. The molecule has 6 heteroatoms. The fourth-order valence-corrected chi connectivity index (χ4v) is 6.23. The molecule has 0 atom stereocenters. The molecule has 0 N–H and O–H groups in total. The molecule has 0 spiro atoms. The van der Waals surface area contributed by atoms with Crippen molar-refractivity contribution in [3.63, 3.8) is 0 Å². The average Bonchev–Trinajstić information content (AvgIpc) is 2.71. The van der Waals surface area contributed by atoms with E-state index in [4.69, 9.17) is 0 Å². The van der Waals surface area contributed by atoms with Gasteiger partial charge in [-0.2, -0.15) is 4.31 Å². The summed E-state index contributed by atoms with van der Waals surface area (Å²) in [6, 6.07) is 1.75. The predicted molar refractivity (Wildman–Crippen MR) is 83.1 cm³/mol. The normalized spacial score (nSPS) is 18.1. The monoisotopic (exact) mass is 365 g/mol. The maximum atomic E-state index is 12.5. The van der Waals surface area contributed by atoms with Gasteiger partial charge in [-0.05, 0) is 53.2 Å². The smallest absolute Gasteiger partial charge is 0.206 e. The van der Waals surface area contributed by atoms with E-state index in [1.807, 2.05) is 6.92 Å². The van der Waals surface area contributed by atoms with Crippen molar-refractivity contribution in [2.75, 3.05) is 13.6 Å². The van der Waals surface area contributed by atoms with Gasteiger partial charge in [0.15, 0.2) is 0 Å². The Hall–Kier alpha value is 0.0900. The molecular weight excluding hydrogens is 346 g/mol. The molecule has 1 fully saturated rings. The SMILES string of the molecule is Cc1cc(S(=O)(=O)N(C)CC2CCCCC2)sc1Br. The Morgan fingerprint density at radius 1 is 1.37 bits per heavy atom. The molecule has 0 unspecified atom stereocenters. The number of thiophene rings is 1. The van der Waals surface area contributed by atoms with E-state index in [2.05, 4.69) is 15.9 Å². The van der Waals surface area contributed by atoms with Crippen LogP contribution in [0.25, 0.3) is 0 Å². The van der Waals surface area contributed by atoms with Crippen LogP contribution in [0.4, 0.5) is 0 Å². The van der Waals surface area contributed by atoms with Gasteiger partial charge in [-0.15, -0.1) is 11.3 Å². The Morgan fingerprint density at radius 3 is 2.53 bits per heavy atom. The van der Waals surface area contributed by atoms with Crippen LogP contribution in [-0.2, 0) is 10.0 Å². The summed E-state index contributed by atoms with van der Waals surface area (Å²) in [7, 11) is -1.62. The second-order valence-electron chi connectivity index (χ2n) is 5.31. The van der Waals surface area contributed by atoms with Crippen molar-refractivity contribution in [1.29, 1.82) is 0 Å². The molecular formula is C13H20BrNO2S2. The number of rotatable bonds is 4. The lowest BCUT2D eigenvalue weighted by Crippen LogP contribution is -2.32. The van der Waals surface area contributed by atoms with E-state index in [0.29, 0.717) is 16.7 Å². The van der Waals surface area contributed by atoms with Gasteiger partial charge in [0.2, 0.25) is 0 Å². The third-order valence-corrected chi connectivity index (χ3v) is 8.15. The minimum absolute atomic E-state index is 0.440. The molecule has 1 saturated carbocycles. The second kappa shape index (κ2) is 6.24. The second-order valence-corrected chi connectivity index (χ2v) is 9.95. The molecule has 108 valence electrons. The third-order valence-electron chi connectivity index (χ3n) is 3.74. The average molecular weight is 366 g/mol. The van der Waals surface area contributed by atoms with Crippen LogP contribution in [0.15, 0.2) is 14.1 Å². The standard InChI is InChI=1S/C13H20BrNO2S2/c1-10-8-12(18-13(10)14)19(16,17)15(2)9-11-6-4-3-5-7-11/h8,11H,3-7,9H2,1-2H3. The summed E-state index contributed by atoms with van der Waals surface area (Å²) in [5, 5.41) is 0. The van der Waals surface area contributed by atoms with Crippen LogP contribution in [0.3, 0.4) is 0 Å². The number of nitrogens with zero attached hydrogens (tertiary/aromatic N) is 1. The fraction of sp³-hybridized carbons (Fsp3) is 0.692. The van der Waals surface area contributed by atoms with Crippen molar-refractivity contribution in [2.24, 2.45) is 5.92 Å². The first-order valence-electron chi connectivity index (χ1n) is 6.63. The Balaban J connectivity index is 2.10. The topological polar surface area (TPSA) is 37.4 Å². The van der Waals surface area contributed by atoms with Crippen molar-refractivity contribution in [1.82, 2.24) is 4.31 Å². The van der Waals surface area contributed by atoms with Gasteiger partial charge in [0, 0.05) is 13.6 Å². The molecule has 2 rings (SSSR count). The molecule has 3 nitrogen and oxygen atoms in total. The molecule has 1 aromatic rings. The molecule has 0 aliphatic heterocycles. The first-order chi connectivity index (χ1) is 8.91. The lowest BCUT2D eigenvalue weighted by Gasteiger charge is -2.26. The van der Waals surface area contributed by atoms with Crippen LogP contribution in [0.2, 0.25) is 0 Å². The maximum Gasteiger partial charge on any atom is 0.252 e. The highest BCUT2D eigenvalue weighted by Crippen LogP contribution is 2.33. The van der Waals surface area contributed by atoms with Crippen LogP contribution in [0, 0.1) is 12.8 Å². The maximum absolute atomic E-state index is 12.5. The van der Waals surface area contributed by atoms with Gasteiger partial charge in [0.05, 0.1) is 3.79 Å². The van der Waals surface area contributed by atoms with Crippen molar-refractivity contribution >= 4 is 37.3 Å². The Labute approximate surface area is 128 Å². The van der Waals surface area contributed by atoms with E-state index < -0.39 is 10.0 Å². The summed E-state index contributed by atoms with van der Waals surface area (Å²) in [5.74, 6) is 0.526. The minimum Gasteiger partial charge on any atom is -0.206 e. The van der Waals surface area contributed by atoms with Gasteiger partial charge < -0.3 is 0 Å². The van der Waals surface area contributed by atoms with Crippen molar-refractivity contribution in [3.05, 3.63) is 15.4 Å². The number of hydrogen-bond acceptors (Lipinski definition) is 3. The van der Waals surface area contributed by atoms with Gasteiger partial charge in [-0.3, -0.25) is 0 Å². The van der Waals surface area contributed by atoms with Crippen LogP contribution >= 0.6 is 27.3 Å². The van der Waals surface area contributed by atoms with Crippen LogP contribution in [0.5, 0.6) is 0 Å². The molecule has 1 heterocycles. The highest BCUT2D eigenvalue weighted by molar-refractivity contribution is 9.11. The predicted octanol–water partition coefficient (Wildman–Crippen LogP) is 4.02. The van der Waals surface area contributed by atoms with E-state index in [-0.39, 0.29) is 0 Å². The van der Waals surface area contributed by atoms with Crippen molar-refractivity contribution in [2.45, 2.75) is 43.2 Å². The summed E-state index contributed by atoms with van der Waals surface area (Å²) in [4.78, 5) is 0. The van der Waals surface area contributed by atoms with E-state index in [1.165, 1.54) is 34.9 Å². The number of sulfonamides is 1. The lowest BCUT2D eigenvalue weighted by atomic mass is 9.89. The number of aryl methyl sites for hydroxylation is 1.